The second kappa shape index (κ2) is 7.54. The highest BCUT2D eigenvalue weighted by Crippen LogP contribution is 2.27. The minimum Gasteiger partial charge on any atom is -0.465 e. The summed E-state index contributed by atoms with van der Waals surface area (Å²) in [6.07, 6.45) is 2.67. The van der Waals surface area contributed by atoms with Gasteiger partial charge in [0.25, 0.3) is 5.56 Å². The van der Waals surface area contributed by atoms with Crippen molar-refractivity contribution in [3.63, 3.8) is 0 Å². The smallest absolute Gasteiger partial charge is 0.327 e. The van der Waals surface area contributed by atoms with Crippen molar-refractivity contribution in [2.24, 2.45) is 7.05 Å². The molecule has 0 radical (unpaired) electrons. The lowest BCUT2D eigenvalue weighted by molar-refractivity contribution is -0.144. The fourth-order valence-corrected chi connectivity index (χ4v) is 3.92. The topological polar surface area (TPSA) is 66.1 Å². The zero-order valence-electron chi connectivity index (χ0n) is 16.8. The summed E-state index contributed by atoms with van der Waals surface area (Å²) in [5.41, 5.74) is 3.97. The minimum atomic E-state index is -0.468. The Bertz CT molecular complexity index is 1280. The van der Waals surface area contributed by atoms with Crippen molar-refractivity contribution in [2.45, 2.75) is 26.8 Å². The van der Waals surface area contributed by atoms with E-state index in [0.29, 0.717) is 11.8 Å². The van der Waals surface area contributed by atoms with E-state index in [1.165, 1.54) is 15.6 Å². The van der Waals surface area contributed by atoms with Gasteiger partial charge < -0.3 is 9.30 Å². The molecule has 4 rings (SSSR count). The van der Waals surface area contributed by atoms with Gasteiger partial charge in [0.05, 0.1) is 17.7 Å². The molecule has 29 heavy (non-hydrogen) atoms. The van der Waals surface area contributed by atoms with E-state index in [9.17, 15) is 9.59 Å². The maximum atomic E-state index is 12.8. The van der Waals surface area contributed by atoms with E-state index < -0.39 is 5.97 Å². The Hall–Kier alpha value is -3.41. The van der Waals surface area contributed by atoms with E-state index in [-0.39, 0.29) is 18.7 Å². The Morgan fingerprint density at radius 2 is 1.86 bits per heavy atom. The average molecular weight is 389 g/mol. The van der Waals surface area contributed by atoms with Gasteiger partial charge in [-0.1, -0.05) is 30.3 Å². The van der Waals surface area contributed by atoms with Gasteiger partial charge in [0, 0.05) is 36.0 Å². The van der Waals surface area contributed by atoms with E-state index >= 15 is 0 Å². The molecule has 2 aromatic carbocycles. The molecule has 0 saturated carbocycles. The SMILES string of the molecule is CCOC(=O)Cn1nc(Cc2cn(C)c3cccc(C)c23)c2ccccc2c1=O. The maximum absolute atomic E-state index is 12.8. The van der Waals surface area contributed by atoms with Crippen LogP contribution >= 0.6 is 0 Å². The van der Waals surface area contributed by atoms with Gasteiger partial charge in [-0.05, 0) is 37.1 Å². The second-order valence-corrected chi connectivity index (χ2v) is 7.17. The molecular formula is C23H23N3O3. The van der Waals surface area contributed by atoms with Crippen LogP contribution in [-0.4, -0.2) is 26.9 Å². The van der Waals surface area contributed by atoms with E-state index in [4.69, 9.17) is 4.74 Å². The van der Waals surface area contributed by atoms with E-state index in [2.05, 4.69) is 41.0 Å². The standard InChI is InChI=1S/C23H23N3O3/c1-4-29-21(27)14-26-23(28)18-10-6-5-9-17(18)19(24-26)12-16-13-25(3)20-11-7-8-15(2)22(16)20/h5-11,13H,4,12,14H2,1-3H3. The molecule has 0 aliphatic rings. The number of carbonyl (C=O) groups excluding carboxylic acids is 1. The van der Waals surface area contributed by atoms with Crippen molar-refractivity contribution in [3.8, 4) is 0 Å². The van der Waals surface area contributed by atoms with Crippen molar-refractivity contribution in [2.75, 3.05) is 6.61 Å². The molecule has 0 fully saturated rings. The lowest BCUT2D eigenvalue weighted by Crippen LogP contribution is -2.29. The average Bonchev–Trinajstić information content (AvgIpc) is 3.02. The van der Waals surface area contributed by atoms with Gasteiger partial charge in [-0.3, -0.25) is 9.59 Å². The first-order chi connectivity index (χ1) is 14.0. The Labute approximate surface area is 168 Å². The van der Waals surface area contributed by atoms with Crippen LogP contribution < -0.4 is 5.56 Å². The quantitative estimate of drug-likeness (QED) is 0.491. The predicted octanol–water partition coefficient (Wildman–Crippen LogP) is 3.35. The summed E-state index contributed by atoms with van der Waals surface area (Å²) in [7, 11) is 2.03. The van der Waals surface area contributed by atoms with Crippen molar-refractivity contribution >= 4 is 27.6 Å². The third-order valence-electron chi connectivity index (χ3n) is 5.19. The molecule has 0 atom stereocenters. The minimum absolute atomic E-state index is 0.195. The van der Waals surface area contributed by atoms with Crippen LogP contribution in [0.2, 0.25) is 0 Å². The Morgan fingerprint density at radius 1 is 1.10 bits per heavy atom. The van der Waals surface area contributed by atoms with E-state index in [1.54, 1.807) is 13.0 Å². The molecule has 2 aromatic heterocycles. The van der Waals surface area contributed by atoms with Gasteiger partial charge >= 0.3 is 5.97 Å². The molecule has 0 unspecified atom stereocenters. The van der Waals surface area contributed by atoms with Crippen molar-refractivity contribution in [1.29, 1.82) is 0 Å². The van der Waals surface area contributed by atoms with Crippen LogP contribution in [-0.2, 0) is 29.5 Å². The van der Waals surface area contributed by atoms with Gasteiger partial charge in [-0.15, -0.1) is 0 Å². The number of ether oxygens (including phenoxy) is 1. The summed E-state index contributed by atoms with van der Waals surface area (Å²) in [6.45, 7) is 3.91. The first kappa shape index (κ1) is 18.9. The molecule has 4 aromatic rings. The molecule has 0 N–H and O–H groups in total. The number of nitrogens with zero attached hydrogens (tertiary/aromatic N) is 3. The van der Waals surface area contributed by atoms with Gasteiger partial charge in [0.15, 0.2) is 0 Å². The van der Waals surface area contributed by atoms with Crippen LogP contribution in [0.15, 0.2) is 53.5 Å². The summed E-state index contributed by atoms with van der Waals surface area (Å²) in [5.74, 6) is -0.468. The highest BCUT2D eigenvalue weighted by atomic mass is 16.5. The predicted molar refractivity (Wildman–Crippen MR) is 113 cm³/mol. The highest BCUT2D eigenvalue weighted by molar-refractivity contribution is 5.89. The summed E-state index contributed by atoms with van der Waals surface area (Å²) in [4.78, 5) is 24.8. The molecule has 6 nitrogen and oxygen atoms in total. The molecule has 0 spiro atoms. The largest absolute Gasteiger partial charge is 0.465 e. The molecule has 2 heterocycles. The van der Waals surface area contributed by atoms with Crippen LogP contribution in [0.5, 0.6) is 0 Å². The van der Waals surface area contributed by atoms with Gasteiger partial charge in [0.1, 0.15) is 6.54 Å². The number of esters is 1. The number of hydrogen-bond acceptors (Lipinski definition) is 4. The van der Waals surface area contributed by atoms with Crippen LogP contribution in [0.4, 0.5) is 0 Å². The summed E-state index contributed by atoms with van der Waals surface area (Å²) < 4.78 is 8.33. The fourth-order valence-electron chi connectivity index (χ4n) is 3.92. The Morgan fingerprint density at radius 3 is 2.62 bits per heavy atom. The van der Waals surface area contributed by atoms with Crippen LogP contribution in [0, 0.1) is 6.92 Å². The monoisotopic (exact) mass is 389 g/mol. The number of hydrogen-bond donors (Lipinski definition) is 0. The molecular weight excluding hydrogens is 366 g/mol. The molecule has 0 bridgehead atoms. The molecule has 0 aliphatic heterocycles. The van der Waals surface area contributed by atoms with Crippen LogP contribution in [0.1, 0.15) is 23.7 Å². The number of carbonyl (C=O) groups is 1. The number of aryl methyl sites for hydroxylation is 2. The van der Waals surface area contributed by atoms with Crippen molar-refractivity contribution < 1.29 is 9.53 Å². The number of benzene rings is 2. The van der Waals surface area contributed by atoms with Gasteiger partial charge in [-0.2, -0.15) is 5.10 Å². The van der Waals surface area contributed by atoms with Crippen LogP contribution in [0.3, 0.4) is 0 Å². The molecule has 148 valence electrons. The molecule has 0 saturated heterocycles. The van der Waals surface area contributed by atoms with Crippen LogP contribution in [0.25, 0.3) is 21.7 Å². The van der Waals surface area contributed by atoms with E-state index in [0.717, 1.165) is 22.2 Å². The van der Waals surface area contributed by atoms with E-state index in [1.807, 2.05) is 25.2 Å². The highest BCUT2D eigenvalue weighted by Gasteiger charge is 2.16. The molecule has 0 amide bonds. The summed E-state index contributed by atoms with van der Waals surface area (Å²) >= 11 is 0. The van der Waals surface area contributed by atoms with Gasteiger partial charge in [0.2, 0.25) is 0 Å². The normalized spacial score (nSPS) is 11.3. The zero-order chi connectivity index (χ0) is 20.5. The maximum Gasteiger partial charge on any atom is 0.327 e. The summed E-state index contributed by atoms with van der Waals surface area (Å²) in [6, 6.07) is 13.7. The fraction of sp³-hybridized carbons (Fsp3) is 0.261. The number of rotatable bonds is 5. The summed E-state index contributed by atoms with van der Waals surface area (Å²) in [5, 5.41) is 7.12. The number of fused-ring (bicyclic) bond motifs is 2. The third-order valence-corrected chi connectivity index (χ3v) is 5.19. The molecule has 0 aliphatic carbocycles. The third kappa shape index (κ3) is 3.42. The lowest BCUT2D eigenvalue weighted by atomic mass is 10.0. The first-order valence-corrected chi connectivity index (χ1v) is 9.67. The second-order valence-electron chi connectivity index (χ2n) is 7.17. The van der Waals surface area contributed by atoms with Gasteiger partial charge in [-0.25, -0.2) is 4.68 Å². The Kier molecular flexibility index (Phi) is 4.92. The Balaban J connectivity index is 1.87. The van der Waals surface area contributed by atoms with Crippen molar-refractivity contribution in [1.82, 2.24) is 14.3 Å². The molecule has 6 heteroatoms. The first-order valence-electron chi connectivity index (χ1n) is 9.67. The zero-order valence-corrected chi connectivity index (χ0v) is 16.8. The van der Waals surface area contributed by atoms with Crippen molar-refractivity contribution in [3.05, 3.63) is 75.8 Å². The number of aromatic nitrogens is 3. The lowest BCUT2D eigenvalue weighted by Gasteiger charge is -2.11.